The van der Waals surface area contributed by atoms with Crippen LogP contribution < -0.4 is 10.6 Å². The Kier molecular flexibility index (Phi) is 8.70. The van der Waals surface area contributed by atoms with E-state index in [1.807, 2.05) is 5.32 Å². The van der Waals surface area contributed by atoms with Crippen LogP contribution in [0.1, 0.15) is 23.7 Å². The van der Waals surface area contributed by atoms with E-state index in [0.29, 0.717) is 16.1 Å². The van der Waals surface area contributed by atoms with Gasteiger partial charge in [0.25, 0.3) is 0 Å². The van der Waals surface area contributed by atoms with Crippen molar-refractivity contribution < 1.29 is 37.1 Å². The van der Waals surface area contributed by atoms with Crippen LogP contribution >= 0.6 is 11.8 Å². The van der Waals surface area contributed by atoms with Gasteiger partial charge in [0.15, 0.2) is 23.3 Å². The number of rotatable bonds is 8. The fourth-order valence-corrected chi connectivity index (χ4v) is 5.25. The summed E-state index contributed by atoms with van der Waals surface area (Å²) in [5, 5.41) is 13.0. The molecule has 3 unspecified atom stereocenters. The van der Waals surface area contributed by atoms with E-state index in [0.717, 1.165) is 11.8 Å². The SMILES string of the molecule is O=C(Nc1c(F)c(F)cc(F)c1F)C(Sc1cccc(NC(=O)C2CC=CCC2C(=O)O)c1)c1ccccc1. The molecule has 2 amide bonds. The lowest BCUT2D eigenvalue weighted by Crippen LogP contribution is -2.34. The van der Waals surface area contributed by atoms with Gasteiger partial charge in [-0.1, -0.05) is 48.6 Å². The van der Waals surface area contributed by atoms with Crippen molar-refractivity contribution in [3.63, 3.8) is 0 Å². The number of amides is 2. The van der Waals surface area contributed by atoms with E-state index in [4.69, 9.17) is 0 Å². The van der Waals surface area contributed by atoms with Gasteiger partial charge in [-0.25, -0.2) is 17.6 Å². The number of nitrogens with one attached hydrogen (secondary N) is 2. The Morgan fingerprint density at radius 3 is 2.10 bits per heavy atom. The quantitative estimate of drug-likeness (QED) is 0.130. The number of allylic oxidation sites excluding steroid dienone is 2. The van der Waals surface area contributed by atoms with Crippen molar-refractivity contribution in [1.29, 1.82) is 0 Å². The summed E-state index contributed by atoms with van der Waals surface area (Å²) in [5.41, 5.74) is -0.458. The van der Waals surface area contributed by atoms with E-state index >= 15 is 0 Å². The van der Waals surface area contributed by atoms with Gasteiger partial charge in [0, 0.05) is 16.6 Å². The van der Waals surface area contributed by atoms with Gasteiger partial charge < -0.3 is 15.7 Å². The van der Waals surface area contributed by atoms with Gasteiger partial charge in [-0.05, 0) is 36.6 Å². The maximum Gasteiger partial charge on any atom is 0.307 e. The van der Waals surface area contributed by atoms with Crippen molar-refractivity contribution in [2.45, 2.75) is 23.0 Å². The Balaban J connectivity index is 1.57. The predicted octanol–water partition coefficient (Wildman–Crippen LogP) is 6.32. The lowest BCUT2D eigenvalue weighted by Gasteiger charge is -2.24. The third kappa shape index (κ3) is 6.48. The van der Waals surface area contributed by atoms with Crippen LogP contribution in [-0.2, 0) is 14.4 Å². The second kappa shape index (κ2) is 12.2. The van der Waals surface area contributed by atoms with Gasteiger partial charge in [0.05, 0.1) is 11.8 Å². The molecule has 0 heterocycles. The summed E-state index contributed by atoms with van der Waals surface area (Å²) in [7, 11) is 0. The summed E-state index contributed by atoms with van der Waals surface area (Å²) >= 11 is 0.971. The monoisotopic (exact) mass is 558 g/mol. The molecule has 0 spiro atoms. The normalized spacial score (nSPS) is 17.3. The first-order valence-electron chi connectivity index (χ1n) is 11.8. The highest BCUT2D eigenvalue weighted by molar-refractivity contribution is 8.00. The van der Waals surface area contributed by atoms with E-state index in [2.05, 4.69) is 5.32 Å². The summed E-state index contributed by atoms with van der Waals surface area (Å²) in [4.78, 5) is 38.1. The molecule has 39 heavy (non-hydrogen) atoms. The van der Waals surface area contributed by atoms with Crippen LogP contribution in [0.2, 0.25) is 0 Å². The molecule has 0 saturated heterocycles. The molecule has 3 N–H and O–H groups in total. The fourth-order valence-electron chi connectivity index (χ4n) is 4.17. The van der Waals surface area contributed by atoms with E-state index in [-0.39, 0.29) is 18.9 Å². The van der Waals surface area contributed by atoms with Crippen LogP contribution in [-0.4, -0.2) is 22.9 Å². The maximum absolute atomic E-state index is 14.2. The second-order valence-electron chi connectivity index (χ2n) is 8.75. The molecule has 3 aromatic carbocycles. The highest BCUT2D eigenvalue weighted by Crippen LogP contribution is 2.38. The summed E-state index contributed by atoms with van der Waals surface area (Å²) < 4.78 is 55.8. The van der Waals surface area contributed by atoms with Gasteiger partial charge in [-0.3, -0.25) is 14.4 Å². The molecule has 6 nitrogen and oxygen atoms in total. The van der Waals surface area contributed by atoms with Crippen LogP contribution in [0.5, 0.6) is 0 Å². The summed E-state index contributed by atoms with van der Waals surface area (Å²) in [6, 6.07) is 14.6. The van der Waals surface area contributed by atoms with E-state index in [1.54, 1.807) is 66.7 Å². The molecule has 3 aromatic rings. The van der Waals surface area contributed by atoms with Gasteiger partial charge in [-0.2, -0.15) is 0 Å². The number of aliphatic carboxylic acids is 1. The van der Waals surface area contributed by atoms with Gasteiger partial charge in [-0.15, -0.1) is 11.8 Å². The number of carboxylic acid groups (broad SMARTS) is 1. The third-order valence-corrected chi connectivity index (χ3v) is 7.39. The maximum atomic E-state index is 14.2. The van der Waals surface area contributed by atoms with E-state index < -0.39 is 63.8 Å². The lowest BCUT2D eigenvalue weighted by molar-refractivity contribution is -0.146. The molecule has 0 saturated carbocycles. The number of anilines is 2. The van der Waals surface area contributed by atoms with Crippen molar-refractivity contribution in [2.24, 2.45) is 11.8 Å². The molecule has 0 aromatic heterocycles. The lowest BCUT2D eigenvalue weighted by atomic mass is 9.82. The third-order valence-electron chi connectivity index (χ3n) is 6.14. The van der Waals surface area contributed by atoms with Crippen LogP contribution in [0.4, 0.5) is 28.9 Å². The van der Waals surface area contributed by atoms with Crippen molar-refractivity contribution in [3.05, 3.63) is 102 Å². The zero-order valence-corrected chi connectivity index (χ0v) is 21.0. The first-order valence-corrected chi connectivity index (χ1v) is 12.7. The number of thioether (sulfide) groups is 1. The highest BCUT2D eigenvalue weighted by atomic mass is 32.2. The molecular formula is C28H22F4N2O4S. The first kappa shape index (κ1) is 27.9. The van der Waals surface area contributed by atoms with Gasteiger partial charge >= 0.3 is 5.97 Å². The Morgan fingerprint density at radius 1 is 0.821 bits per heavy atom. The summed E-state index contributed by atoms with van der Waals surface area (Å²) in [6.07, 6.45) is 4.01. The standard InChI is InChI=1S/C28H22F4N2O4S/c29-20-14-21(30)23(32)24(22(20)31)34-27(36)25(15-7-2-1-3-8-15)39-17-10-6-9-16(13-17)33-26(35)18-11-4-5-12-19(18)28(37)38/h1-10,13-14,18-19,25H,11-12H2,(H,33,35)(H,34,36)(H,37,38). The van der Waals surface area contributed by atoms with Crippen molar-refractivity contribution in [1.82, 2.24) is 0 Å². The molecule has 0 radical (unpaired) electrons. The molecule has 0 fully saturated rings. The van der Waals surface area contributed by atoms with E-state index in [1.165, 1.54) is 0 Å². The number of hydrogen-bond acceptors (Lipinski definition) is 4. The van der Waals surface area contributed by atoms with Crippen LogP contribution in [0.25, 0.3) is 0 Å². The average Bonchev–Trinajstić information content (AvgIpc) is 2.93. The smallest absolute Gasteiger partial charge is 0.307 e. The van der Waals surface area contributed by atoms with Crippen molar-refractivity contribution >= 4 is 40.9 Å². The number of benzene rings is 3. The average molecular weight is 559 g/mol. The molecular weight excluding hydrogens is 536 g/mol. The van der Waals surface area contributed by atoms with Crippen LogP contribution in [0, 0.1) is 35.1 Å². The van der Waals surface area contributed by atoms with Gasteiger partial charge in [0.2, 0.25) is 11.8 Å². The van der Waals surface area contributed by atoms with Crippen LogP contribution in [0.3, 0.4) is 0 Å². The molecule has 1 aliphatic carbocycles. The van der Waals surface area contributed by atoms with Crippen molar-refractivity contribution in [2.75, 3.05) is 10.6 Å². The Morgan fingerprint density at radius 2 is 1.46 bits per heavy atom. The Bertz CT molecular complexity index is 1410. The number of carbonyl (C=O) groups is 3. The van der Waals surface area contributed by atoms with E-state index in [9.17, 15) is 37.1 Å². The molecule has 11 heteroatoms. The molecule has 0 bridgehead atoms. The number of carboxylic acids is 1. The minimum Gasteiger partial charge on any atom is -0.481 e. The topological polar surface area (TPSA) is 95.5 Å². The Hall–Kier alpha value is -4.12. The molecule has 0 aliphatic heterocycles. The zero-order chi connectivity index (χ0) is 28.1. The summed E-state index contributed by atoms with van der Waals surface area (Å²) in [5.74, 6) is -10.9. The first-order chi connectivity index (χ1) is 18.7. The number of carbonyl (C=O) groups excluding carboxylic acids is 2. The minimum absolute atomic E-state index is 0.0474. The van der Waals surface area contributed by atoms with Crippen molar-refractivity contribution in [3.8, 4) is 0 Å². The van der Waals surface area contributed by atoms with Crippen LogP contribution in [0.15, 0.2) is 77.7 Å². The number of halogens is 4. The van der Waals surface area contributed by atoms with Gasteiger partial charge in [0.1, 0.15) is 10.9 Å². The fraction of sp³-hybridized carbons (Fsp3) is 0.179. The Labute approximate surface area is 225 Å². The second-order valence-corrected chi connectivity index (χ2v) is 9.93. The largest absolute Gasteiger partial charge is 0.481 e. The number of hydrogen-bond donors (Lipinski definition) is 3. The molecule has 4 rings (SSSR count). The highest BCUT2D eigenvalue weighted by Gasteiger charge is 2.34. The minimum atomic E-state index is -1.74. The summed E-state index contributed by atoms with van der Waals surface area (Å²) in [6.45, 7) is 0. The predicted molar refractivity (Wildman–Crippen MR) is 138 cm³/mol. The molecule has 1 aliphatic rings. The molecule has 3 atom stereocenters. The zero-order valence-electron chi connectivity index (χ0n) is 20.2. The molecule has 202 valence electrons.